The van der Waals surface area contributed by atoms with Gasteiger partial charge in [0.2, 0.25) is 17.8 Å². The SMILES string of the molecule is CCC1CC2C(=O)N(c3nc4ccccc4[nH]3)C(=O)C2C1. The lowest BCUT2D eigenvalue weighted by Gasteiger charge is -2.14. The zero-order chi connectivity index (χ0) is 14.6. The standard InChI is InChI=1S/C16H17N3O2/c1-2-9-7-10-11(8-9)15(21)19(14(10)20)16-17-12-5-3-4-6-13(12)18-16/h3-6,9-11H,2,7-8H2,1H3,(H,17,18). The first kappa shape index (κ1) is 12.6. The molecule has 1 aromatic carbocycles. The largest absolute Gasteiger partial charge is 0.323 e. The summed E-state index contributed by atoms with van der Waals surface area (Å²) in [5.41, 5.74) is 1.62. The van der Waals surface area contributed by atoms with Crippen LogP contribution in [0.2, 0.25) is 0 Å². The molecule has 2 fully saturated rings. The van der Waals surface area contributed by atoms with Crippen LogP contribution in [0.5, 0.6) is 0 Å². The summed E-state index contributed by atoms with van der Waals surface area (Å²) in [7, 11) is 0. The lowest BCUT2D eigenvalue weighted by atomic mass is 10.00. The molecule has 2 atom stereocenters. The lowest BCUT2D eigenvalue weighted by Crippen LogP contribution is -2.33. The van der Waals surface area contributed by atoms with Crippen molar-refractivity contribution in [2.24, 2.45) is 17.8 Å². The van der Waals surface area contributed by atoms with Gasteiger partial charge in [0, 0.05) is 0 Å². The highest BCUT2D eigenvalue weighted by atomic mass is 16.2. The quantitative estimate of drug-likeness (QED) is 0.861. The molecule has 5 nitrogen and oxygen atoms in total. The molecule has 2 aliphatic rings. The highest BCUT2D eigenvalue weighted by Crippen LogP contribution is 2.45. The molecule has 1 aliphatic carbocycles. The number of carbonyl (C=O) groups is 2. The summed E-state index contributed by atoms with van der Waals surface area (Å²) in [5.74, 6) is 0.422. The van der Waals surface area contributed by atoms with Gasteiger partial charge < -0.3 is 4.98 Å². The number of para-hydroxylation sites is 2. The van der Waals surface area contributed by atoms with E-state index in [4.69, 9.17) is 0 Å². The number of anilines is 1. The van der Waals surface area contributed by atoms with Crippen LogP contribution in [0.3, 0.4) is 0 Å². The predicted molar refractivity (Wildman–Crippen MR) is 78.6 cm³/mol. The molecule has 1 aromatic heterocycles. The van der Waals surface area contributed by atoms with Crippen LogP contribution in [-0.4, -0.2) is 21.8 Å². The number of rotatable bonds is 2. The van der Waals surface area contributed by atoms with E-state index in [0.29, 0.717) is 11.9 Å². The number of benzene rings is 1. The minimum atomic E-state index is -0.143. The van der Waals surface area contributed by atoms with E-state index in [1.807, 2.05) is 24.3 Å². The number of nitrogens with zero attached hydrogens (tertiary/aromatic N) is 2. The molecule has 0 radical (unpaired) electrons. The molecule has 2 unspecified atom stereocenters. The van der Waals surface area contributed by atoms with Gasteiger partial charge in [-0.05, 0) is 30.9 Å². The Balaban J connectivity index is 1.70. The first-order valence-corrected chi connectivity index (χ1v) is 7.51. The molecule has 0 spiro atoms. The molecule has 21 heavy (non-hydrogen) atoms. The Hall–Kier alpha value is -2.17. The highest BCUT2D eigenvalue weighted by molar-refractivity contribution is 6.21. The van der Waals surface area contributed by atoms with Crippen molar-refractivity contribution in [1.82, 2.24) is 9.97 Å². The van der Waals surface area contributed by atoms with Crippen LogP contribution in [0, 0.1) is 17.8 Å². The van der Waals surface area contributed by atoms with Gasteiger partial charge >= 0.3 is 0 Å². The number of imidazole rings is 1. The number of H-pyrrole nitrogens is 1. The van der Waals surface area contributed by atoms with Crippen LogP contribution in [0.25, 0.3) is 11.0 Å². The fourth-order valence-corrected chi connectivity index (χ4v) is 3.72. The topological polar surface area (TPSA) is 66.1 Å². The van der Waals surface area contributed by atoms with Crippen molar-refractivity contribution in [3.05, 3.63) is 24.3 Å². The molecule has 1 saturated heterocycles. The minimum Gasteiger partial charge on any atom is -0.323 e. The zero-order valence-corrected chi connectivity index (χ0v) is 11.9. The zero-order valence-electron chi connectivity index (χ0n) is 11.9. The van der Waals surface area contributed by atoms with Crippen molar-refractivity contribution in [3.8, 4) is 0 Å². The van der Waals surface area contributed by atoms with Gasteiger partial charge in [-0.1, -0.05) is 25.5 Å². The van der Waals surface area contributed by atoms with E-state index in [1.165, 1.54) is 4.90 Å². The Morgan fingerprint density at radius 3 is 2.48 bits per heavy atom. The molecule has 1 N–H and O–H groups in total. The Bertz CT molecular complexity index is 679. The van der Waals surface area contributed by atoms with E-state index in [-0.39, 0.29) is 23.7 Å². The Kier molecular flexibility index (Phi) is 2.64. The number of carbonyl (C=O) groups excluding carboxylic acids is 2. The third-order valence-electron chi connectivity index (χ3n) is 4.90. The van der Waals surface area contributed by atoms with Crippen LogP contribution in [-0.2, 0) is 9.59 Å². The number of imide groups is 1. The first-order chi connectivity index (χ1) is 10.2. The Labute approximate surface area is 122 Å². The molecule has 108 valence electrons. The van der Waals surface area contributed by atoms with E-state index in [1.54, 1.807) is 0 Å². The number of aromatic amines is 1. The summed E-state index contributed by atoms with van der Waals surface area (Å²) in [6.45, 7) is 2.12. The monoisotopic (exact) mass is 283 g/mol. The van der Waals surface area contributed by atoms with Gasteiger partial charge in [0.05, 0.1) is 22.9 Å². The lowest BCUT2D eigenvalue weighted by molar-refractivity contribution is -0.123. The molecule has 1 aliphatic heterocycles. The fourth-order valence-electron chi connectivity index (χ4n) is 3.72. The van der Waals surface area contributed by atoms with Crippen molar-refractivity contribution in [1.29, 1.82) is 0 Å². The van der Waals surface area contributed by atoms with Gasteiger partial charge in [-0.25, -0.2) is 9.88 Å². The maximum atomic E-state index is 12.6. The van der Waals surface area contributed by atoms with Gasteiger partial charge in [0.25, 0.3) is 0 Å². The smallest absolute Gasteiger partial charge is 0.240 e. The third kappa shape index (κ3) is 1.73. The number of amides is 2. The molecule has 0 bridgehead atoms. The van der Waals surface area contributed by atoms with Crippen LogP contribution < -0.4 is 4.90 Å². The van der Waals surface area contributed by atoms with E-state index in [9.17, 15) is 9.59 Å². The Morgan fingerprint density at radius 2 is 1.86 bits per heavy atom. The minimum absolute atomic E-state index is 0.0833. The highest BCUT2D eigenvalue weighted by Gasteiger charge is 2.53. The van der Waals surface area contributed by atoms with Crippen molar-refractivity contribution in [2.75, 3.05) is 4.90 Å². The van der Waals surface area contributed by atoms with E-state index in [0.717, 1.165) is 30.3 Å². The fraction of sp³-hybridized carbons (Fsp3) is 0.438. The maximum Gasteiger partial charge on any atom is 0.240 e. The van der Waals surface area contributed by atoms with Crippen molar-refractivity contribution in [2.45, 2.75) is 26.2 Å². The van der Waals surface area contributed by atoms with E-state index < -0.39 is 0 Å². The average Bonchev–Trinajstić information content (AvgIpc) is 3.14. The van der Waals surface area contributed by atoms with Crippen LogP contribution in [0.1, 0.15) is 26.2 Å². The summed E-state index contributed by atoms with van der Waals surface area (Å²) < 4.78 is 0. The van der Waals surface area contributed by atoms with Gasteiger partial charge in [-0.3, -0.25) is 9.59 Å². The number of hydrogen-bond donors (Lipinski definition) is 1. The van der Waals surface area contributed by atoms with Crippen LogP contribution in [0.15, 0.2) is 24.3 Å². The number of fused-ring (bicyclic) bond motifs is 2. The normalized spacial score (nSPS) is 28.6. The summed E-state index contributed by atoms with van der Waals surface area (Å²) in [5, 5.41) is 0. The third-order valence-corrected chi connectivity index (χ3v) is 4.90. The molecular weight excluding hydrogens is 266 g/mol. The second-order valence-corrected chi connectivity index (χ2v) is 6.05. The van der Waals surface area contributed by atoms with Gasteiger partial charge in [-0.15, -0.1) is 0 Å². The van der Waals surface area contributed by atoms with Gasteiger partial charge in [-0.2, -0.15) is 0 Å². The van der Waals surface area contributed by atoms with Crippen molar-refractivity contribution in [3.63, 3.8) is 0 Å². The summed E-state index contributed by atoms with van der Waals surface area (Å²) in [6.07, 6.45) is 2.71. The molecule has 2 amide bonds. The molecule has 5 heteroatoms. The number of hydrogen-bond acceptors (Lipinski definition) is 3. The maximum absolute atomic E-state index is 12.6. The molecule has 2 heterocycles. The first-order valence-electron chi connectivity index (χ1n) is 7.51. The average molecular weight is 283 g/mol. The molecule has 1 saturated carbocycles. The summed E-state index contributed by atoms with van der Waals surface area (Å²) in [6, 6.07) is 7.55. The van der Waals surface area contributed by atoms with Crippen LogP contribution in [0.4, 0.5) is 5.95 Å². The van der Waals surface area contributed by atoms with Crippen molar-refractivity contribution < 1.29 is 9.59 Å². The van der Waals surface area contributed by atoms with E-state index >= 15 is 0 Å². The number of aromatic nitrogens is 2. The van der Waals surface area contributed by atoms with Crippen LogP contribution >= 0.6 is 0 Å². The van der Waals surface area contributed by atoms with Gasteiger partial charge in [0.1, 0.15) is 0 Å². The Morgan fingerprint density at radius 1 is 1.19 bits per heavy atom. The van der Waals surface area contributed by atoms with Gasteiger partial charge in [0.15, 0.2) is 0 Å². The summed E-state index contributed by atoms with van der Waals surface area (Å²) >= 11 is 0. The second kappa shape index (κ2) is 4.41. The number of nitrogens with one attached hydrogen (secondary N) is 1. The molecular formula is C16H17N3O2. The predicted octanol–water partition coefficient (Wildman–Crippen LogP) is 2.49. The van der Waals surface area contributed by atoms with E-state index in [2.05, 4.69) is 16.9 Å². The second-order valence-electron chi connectivity index (χ2n) is 6.05. The molecule has 2 aromatic rings. The van der Waals surface area contributed by atoms with Crippen molar-refractivity contribution >= 4 is 28.8 Å². The molecule has 4 rings (SSSR count). The summed E-state index contributed by atoms with van der Waals surface area (Å²) in [4.78, 5) is 33.9.